The van der Waals surface area contributed by atoms with Crippen LogP contribution in [0.4, 0.5) is 0 Å². The van der Waals surface area contributed by atoms with Gasteiger partial charge in [0.25, 0.3) is 0 Å². The molecule has 2 heterocycles. The maximum absolute atomic E-state index is 9.18. The summed E-state index contributed by atoms with van der Waals surface area (Å²) < 4.78 is 11.5. The molecular weight excluding hydrogens is 262 g/mol. The number of hydrogen-bond donors (Lipinski definition) is 1. The molecule has 1 aliphatic rings. The van der Waals surface area contributed by atoms with E-state index in [1.54, 1.807) is 0 Å². The van der Waals surface area contributed by atoms with Crippen LogP contribution in [0.2, 0.25) is 0 Å². The van der Waals surface area contributed by atoms with Gasteiger partial charge in [0.05, 0.1) is 32.4 Å². The first-order valence-corrected chi connectivity index (χ1v) is 5.76. The van der Waals surface area contributed by atoms with E-state index in [2.05, 4.69) is 20.8 Å². The summed E-state index contributed by atoms with van der Waals surface area (Å²) in [6, 6.07) is 3.90. The minimum absolute atomic E-state index is 0.0858. The summed E-state index contributed by atoms with van der Waals surface area (Å²) >= 11 is 3.27. The second kappa shape index (κ2) is 5.12. The number of aliphatic hydroxyl groups excluding tert-OH is 1. The van der Waals surface area contributed by atoms with Crippen LogP contribution in [0.3, 0.4) is 0 Å². The molecule has 15 heavy (non-hydrogen) atoms. The van der Waals surface area contributed by atoms with Crippen molar-refractivity contribution in [2.45, 2.75) is 12.6 Å². The van der Waals surface area contributed by atoms with Crippen molar-refractivity contribution in [3.8, 4) is 0 Å². The Kier molecular flexibility index (Phi) is 3.80. The zero-order valence-corrected chi connectivity index (χ0v) is 9.94. The van der Waals surface area contributed by atoms with Gasteiger partial charge in [0.2, 0.25) is 0 Å². The minimum atomic E-state index is 0.0858. The molecule has 0 aliphatic carbocycles. The molecule has 5 heteroatoms. The fourth-order valence-electron chi connectivity index (χ4n) is 1.70. The molecule has 1 N–H and O–H groups in total. The van der Waals surface area contributed by atoms with Crippen molar-refractivity contribution in [1.82, 2.24) is 4.90 Å². The molecule has 4 nitrogen and oxygen atoms in total. The van der Waals surface area contributed by atoms with Crippen molar-refractivity contribution in [2.75, 3.05) is 26.4 Å². The molecule has 1 aliphatic heterocycles. The maximum atomic E-state index is 9.18. The third-order valence-electron chi connectivity index (χ3n) is 2.55. The van der Waals surface area contributed by atoms with Crippen molar-refractivity contribution < 1.29 is 14.3 Å². The maximum Gasteiger partial charge on any atom is 0.169 e. The number of ether oxygens (including phenoxy) is 1. The highest BCUT2D eigenvalue weighted by molar-refractivity contribution is 9.10. The fraction of sp³-hybridized carbons (Fsp3) is 0.600. The summed E-state index contributed by atoms with van der Waals surface area (Å²) in [5.41, 5.74) is 0. The monoisotopic (exact) mass is 275 g/mol. The summed E-state index contributed by atoms with van der Waals surface area (Å²) in [7, 11) is 0. The molecule has 2 rings (SSSR count). The topological polar surface area (TPSA) is 45.8 Å². The second-order valence-electron chi connectivity index (χ2n) is 3.59. The lowest BCUT2D eigenvalue weighted by Crippen LogP contribution is -2.46. The van der Waals surface area contributed by atoms with Crippen molar-refractivity contribution in [3.63, 3.8) is 0 Å². The summed E-state index contributed by atoms with van der Waals surface area (Å²) in [5, 5.41) is 9.18. The van der Waals surface area contributed by atoms with Gasteiger partial charge in [-0.1, -0.05) is 0 Å². The molecule has 0 saturated carbocycles. The molecule has 1 unspecified atom stereocenters. The van der Waals surface area contributed by atoms with Gasteiger partial charge in [-0.15, -0.1) is 0 Å². The lowest BCUT2D eigenvalue weighted by Gasteiger charge is -2.33. The first-order valence-electron chi connectivity index (χ1n) is 4.96. The molecule has 84 valence electrons. The third kappa shape index (κ3) is 2.81. The molecule has 0 amide bonds. The van der Waals surface area contributed by atoms with Gasteiger partial charge in [-0.05, 0) is 28.1 Å². The molecular formula is C10H14BrNO3. The van der Waals surface area contributed by atoms with Gasteiger partial charge < -0.3 is 14.3 Å². The van der Waals surface area contributed by atoms with E-state index in [9.17, 15) is 5.11 Å². The summed E-state index contributed by atoms with van der Waals surface area (Å²) in [6.45, 7) is 3.00. The predicted octanol–water partition coefficient (Wildman–Crippen LogP) is 1.24. The Labute approximate surface area is 96.9 Å². The SMILES string of the molecule is OCC1COCCN1Cc1ccc(Br)o1. The van der Waals surface area contributed by atoms with Crippen molar-refractivity contribution >= 4 is 15.9 Å². The summed E-state index contributed by atoms with van der Waals surface area (Å²) in [4.78, 5) is 2.18. The number of halogens is 1. The van der Waals surface area contributed by atoms with E-state index in [1.807, 2.05) is 12.1 Å². The Morgan fingerprint density at radius 1 is 1.53 bits per heavy atom. The Bertz CT molecular complexity index is 315. The molecule has 0 aromatic carbocycles. The van der Waals surface area contributed by atoms with Crippen LogP contribution in [0.5, 0.6) is 0 Å². The Morgan fingerprint density at radius 2 is 2.40 bits per heavy atom. The van der Waals surface area contributed by atoms with Crippen molar-refractivity contribution in [2.24, 2.45) is 0 Å². The zero-order chi connectivity index (χ0) is 10.7. The first kappa shape index (κ1) is 11.1. The molecule has 0 bridgehead atoms. The Hall–Kier alpha value is -0.360. The highest BCUT2D eigenvalue weighted by Crippen LogP contribution is 2.17. The smallest absolute Gasteiger partial charge is 0.169 e. The van der Waals surface area contributed by atoms with Crippen LogP contribution in [0, 0.1) is 0 Å². The Balaban J connectivity index is 1.97. The average Bonchev–Trinajstić information content (AvgIpc) is 2.65. The second-order valence-corrected chi connectivity index (χ2v) is 4.37. The molecule has 1 fully saturated rings. The van der Waals surface area contributed by atoms with E-state index in [-0.39, 0.29) is 12.6 Å². The average molecular weight is 276 g/mol. The van der Waals surface area contributed by atoms with Crippen LogP contribution < -0.4 is 0 Å². The highest BCUT2D eigenvalue weighted by Gasteiger charge is 2.22. The van der Waals surface area contributed by atoms with Gasteiger partial charge >= 0.3 is 0 Å². The standard InChI is InChI=1S/C10H14BrNO3/c11-10-2-1-9(15-10)5-12-3-4-14-7-8(12)6-13/h1-2,8,13H,3-7H2. The first-order chi connectivity index (χ1) is 7.29. The van der Waals surface area contributed by atoms with E-state index < -0.39 is 0 Å². The van der Waals surface area contributed by atoms with Crippen LogP contribution in [-0.4, -0.2) is 42.4 Å². The quantitative estimate of drug-likeness (QED) is 0.902. The summed E-state index contributed by atoms with van der Waals surface area (Å²) in [6.07, 6.45) is 0. The van der Waals surface area contributed by atoms with Gasteiger partial charge in [-0.3, -0.25) is 4.90 Å². The molecule has 0 radical (unpaired) electrons. The zero-order valence-electron chi connectivity index (χ0n) is 8.36. The lowest BCUT2D eigenvalue weighted by molar-refractivity contribution is -0.0337. The molecule has 1 aromatic rings. The fourth-order valence-corrected chi connectivity index (χ4v) is 2.04. The normalized spacial score (nSPS) is 23.2. The van der Waals surface area contributed by atoms with Crippen LogP contribution in [0.1, 0.15) is 5.76 Å². The number of furan rings is 1. The van der Waals surface area contributed by atoms with Gasteiger partial charge in [-0.2, -0.15) is 0 Å². The van der Waals surface area contributed by atoms with Crippen LogP contribution in [0.15, 0.2) is 21.2 Å². The van der Waals surface area contributed by atoms with Gasteiger partial charge in [0, 0.05) is 6.54 Å². The number of aliphatic hydroxyl groups is 1. The summed E-state index contributed by atoms with van der Waals surface area (Å²) in [5.74, 6) is 0.905. The van der Waals surface area contributed by atoms with E-state index in [1.165, 1.54) is 0 Å². The largest absolute Gasteiger partial charge is 0.453 e. The number of nitrogens with zero attached hydrogens (tertiary/aromatic N) is 1. The van der Waals surface area contributed by atoms with E-state index in [0.29, 0.717) is 6.61 Å². The van der Waals surface area contributed by atoms with Crippen LogP contribution >= 0.6 is 15.9 Å². The van der Waals surface area contributed by atoms with E-state index in [0.717, 1.165) is 30.1 Å². The number of rotatable bonds is 3. The van der Waals surface area contributed by atoms with Gasteiger partial charge in [0.15, 0.2) is 4.67 Å². The lowest BCUT2D eigenvalue weighted by atomic mass is 10.2. The van der Waals surface area contributed by atoms with Gasteiger partial charge in [-0.25, -0.2) is 0 Å². The molecule has 1 atom stereocenters. The van der Waals surface area contributed by atoms with Gasteiger partial charge in [0.1, 0.15) is 5.76 Å². The van der Waals surface area contributed by atoms with E-state index >= 15 is 0 Å². The predicted molar refractivity (Wildman–Crippen MR) is 58.5 cm³/mol. The molecule has 0 spiro atoms. The molecule has 1 aromatic heterocycles. The van der Waals surface area contributed by atoms with Crippen molar-refractivity contribution in [3.05, 3.63) is 22.6 Å². The minimum Gasteiger partial charge on any atom is -0.453 e. The number of hydrogen-bond acceptors (Lipinski definition) is 4. The highest BCUT2D eigenvalue weighted by atomic mass is 79.9. The van der Waals surface area contributed by atoms with Crippen molar-refractivity contribution in [1.29, 1.82) is 0 Å². The Morgan fingerprint density at radius 3 is 3.07 bits per heavy atom. The van der Waals surface area contributed by atoms with Crippen LogP contribution in [0.25, 0.3) is 0 Å². The van der Waals surface area contributed by atoms with E-state index in [4.69, 9.17) is 9.15 Å². The van der Waals surface area contributed by atoms with Crippen LogP contribution in [-0.2, 0) is 11.3 Å². The number of morpholine rings is 1. The molecule has 1 saturated heterocycles. The third-order valence-corrected chi connectivity index (χ3v) is 2.97.